The van der Waals surface area contributed by atoms with E-state index in [2.05, 4.69) is 26.6 Å². The number of benzene rings is 2. The molecule has 6 N–H and O–H groups in total. The highest BCUT2D eigenvalue weighted by atomic mass is 16.6. The number of amides is 5. The Kier molecular flexibility index (Phi) is 36.7. The molecule has 0 radical (unpaired) electrons. The Labute approximate surface area is 504 Å². The van der Waals surface area contributed by atoms with E-state index in [1.54, 1.807) is 20.8 Å². The lowest BCUT2D eigenvalue weighted by Crippen LogP contribution is -2.44. The molecule has 85 heavy (non-hydrogen) atoms. The van der Waals surface area contributed by atoms with Crippen molar-refractivity contribution in [1.29, 1.82) is 0 Å². The molecule has 2 aromatic carbocycles. The van der Waals surface area contributed by atoms with E-state index in [4.69, 9.17) is 33.2 Å². The summed E-state index contributed by atoms with van der Waals surface area (Å²) in [5.41, 5.74) is 3.11. The molecule has 0 fully saturated rings. The van der Waals surface area contributed by atoms with Crippen LogP contribution in [0.3, 0.4) is 0 Å². The number of carbonyl (C=O) groups excluding carboxylic acids is 7. The predicted molar refractivity (Wildman–Crippen MR) is 323 cm³/mol. The van der Waals surface area contributed by atoms with Gasteiger partial charge in [0.2, 0.25) is 23.6 Å². The SMILES string of the molecule is CC(C)(C)OC(=O)CCCCCCCCCCCCCCCCC(=O)NC(CCC(=O)NCCOCCOCC(=O)NCCOCCOCC(=O)NCCCCC(NC(=O)OCC1c2ccccc2-c2ccccc21)C(=O)O)C(=O)OC(C)(C)C. The highest BCUT2D eigenvalue weighted by Crippen LogP contribution is 2.44. The summed E-state index contributed by atoms with van der Waals surface area (Å²) in [6, 6.07) is 13.8. The van der Waals surface area contributed by atoms with Crippen LogP contribution in [0.4, 0.5) is 4.79 Å². The monoisotopic (exact) mass is 1200 g/mol. The van der Waals surface area contributed by atoms with Crippen LogP contribution >= 0.6 is 0 Å². The maximum Gasteiger partial charge on any atom is 0.407 e. The van der Waals surface area contributed by atoms with Crippen LogP contribution in [0.1, 0.15) is 193 Å². The van der Waals surface area contributed by atoms with Crippen LogP contribution in [0.5, 0.6) is 0 Å². The Morgan fingerprint density at radius 2 is 0.918 bits per heavy atom. The normalized spacial score (nSPS) is 12.7. The van der Waals surface area contributed by atoms with E-state index in [0.29, 0.717) is 32.2 Å². The molecule has 0 aliphatic heterocycles. The van der Waals surface area contributed by atoms with Gasteiger partial charge in [-0.25, -0.2) is 14.4 Å². The molecule has 0 spiro atoms. The van der Waals surface area contributed by atoms with Gasteiger partial charge in [0.1, 0.15) is 43.1 Å². The second-order valence-electron chi connectivity index (χ2n) is 23.5. The van der Waals surface area contributed by atoms with Crippen molar-refractivity contribution in [3.63, 3.8) is 0 Å². The van der Waals surface area contributed by atoms with Gasteiger partial charge in [0.25, 0.3) is 0 Å². The fraction of sp³-hybridized carbons (Fsp3) is 0.688. The van der Waals surface area contributed by atoms with E-state index in [-0.39, 0.29) is 127 Å². The first-order valence-corrected chi connectivity index (χ1v) is 30.9. The third-order valence-electron chi connectivity index (χ3n) is 13.7. The average molecular weight is 1200 g/mol. The summed E-state index contributed by atoms with van der Waals surface area (Å²) >= 11 is 0. The van der Waals surface area contributed by atoms with Gasteiger partial charge in [-0.15, -0.1) is 0 Å². The number of esters is 2. The Balaban J connectivity index is 1.09. The van der Waals surface area contributed by atoms with Gasteiger partial charge in [-0.1, -0.05) is 126 Å². The molecule has 0 saturated heterocycles. The van der Waals surface area contributed by atoms with Crippen LogP contribution in [-0.2, 0) is 66.7 Å². The number of fused-ring (bicyclic) bond motifs is 3. The molecule has 2 atom stereocenters. The van der Waals surface area contributed by atoms with E-state index in [9.17, 15) is 43.5 Å². The fourth-order valence-electron chi connectivity index (χ4n) is 9.46. The second-order valence-corrected chi connectivity index (χ2v) is 23.5. The topological polar surface area (TPSA) is 282 Å². The molecular weight excluding hydrogens is 1090 g/mol. The minimum absolute atomic E-state index is 0.00203. The zero-order valence-corrected chi connectivity index (χ0v) is 51.8. The van der Waals surface area contributed by atoms with Crippen molar-refractivity contribution >= 4 is 47.6 Å². The third kappa shape index (κ3) is 35.2. The molecule has 0 saturated carbocycles. The fourth-order valence-corrected chi connectivity index (χ4v) is 9.46. The van der Waals surface area contributed by atoms with Gasteiger partial charge in [-0.3, -0.25) is 24.0 Å². The number of aliphatic carboxylic acids is 1. The lowest BCUT2D eigenvalue weighted by Gasteiger charge is -2.24. The number of alkyl carbamates (subject to hydrolysis) is 1. The number of unbranched alkanes of at least 4 members (excludes halogenated alkanes) is 14. The lowest BCUT2D eigenvalue weighted by molar-refractivity contribution is -0.159. The number of carboxylic acids is 1. The van der Waals surface area contributed by atoms with Crippen LogP contribution in [0.15, 0.2) is 48.5 Å². The summed E-state index contributed by atoms with van der Waals surface area (Å²) in [5.74, 6) is -3.24. The number of carbonyl (C=O) groups is 8. The highest BCUT2D eigenvalue weighted by Gasteiger charge is 2.31. The minimum Gasteiger partial charge on any atom is -0.480 e. The van der Waals surface area contributed by atoms with Crippen LogP contribution in [0.25, 0.3) is 11.1 Å². The van der Waals surface area contributed by atoms with Gasteiger partial charge in [0, 0.05) is 44.8 Å². The summed E-state index contributed by atoms with van der Waals surface area (Å²) in [4.78, 5) is 99.1. The highest BCUT2D eigenvalue weighted by molar-refractivity contribution is 5.86. The first-order chi connectivity index (χ1) is 40.7. The Bertz CT molecular complexity index is 2260. The van der Waals surface area contributed by atoms with Gasteiger partial charge in [-0.2, -0.15) is 0 Å². The molecule has 21 heteroatoms. The van der Waals surface area contributed by atoms with Gasteiger partial charge < -0.3 is 64.8 Å². The van der Waals surface area contributed by atoms with Gasteiger partial charge >= 0.3 is 24.0 Å². The van der Waals surface area contributed by atoms with E-state index in [1.165, 1.54) is 44.9 Å². The minimum atomic E-state index is -1.18. The molecule has 0 aromatic heterocycles. The molecule has 0 bridgehead atoms. The molecule has 5 amide bonds. The van der Waals surface area contributed by atoms with Crippen LogP contribution < -0.4 is 26.6 Å². The summed E-state index contributed by atoms with van der Waals surface area (Å²) < 4.78 is 38.1. The van der Waals surface area contributed by atoms with Crippen LogP contribution in [0, 0.1) is 0 Å². The molecular formula is C64H101N5O16. The first kappa shape index (κ1) is 73.1. The van der Waals surface area contributed by atoms with Gasteiger partial charge in [-0.05, 0) is 102 Å². The molecule has 2 aromatic rings. The molecule has 3 rings (SSSR count). The molecule has 1 aliphatic rings. The van der Waals surface area contributed by atoms with E-state index in [0.717, 1.165) is 67.2 Å². The summed E-state index contributed by atoms with van der Waals surface area (Å²) in [5, 5.41) is 23.1. The number of nitrogens with one attached hydrogen (secondary N) is 5. The standard InChI is InChI=1S/C64H101N5O16/c1-63(2,3)84-59(74)33-20-18-16-14-12-10-8-7-9-11-13-15-17-19-32-56(71)68-54(61(77)85-64(4,5)6)34-35-55(70)66-37-39-79-41-44-82-47-58(73)67-38-40-80-42-43-81-46-57(72)65-36-26-25-31-53(60(75)76)69-62(78)83-45-52-50-29-23-21-27-48(50)49-28-22-24-30-51(49)52/h21-24,27-30,52-54H,7-20,25-26,31-47H2,1-6H3,(H,65,72)(H,66,70)(H,67,73)(H,68,71)(H,69,78)(H,75,76). The summed E-state index contributed by atoms with van der Waals surface area (Å²) in [6.07, 6.45) is 16.7. The largest absolute Gasteiger partial charge is 0.480 e. The summed E-state index contributed by atoms with van der Waals surface area (Å²) in [6.45, 7) is 12.5. The number of hydrogen-bond donors (Lipinski definition) is 6. The quantitative estimate of drug-likeness (QED) is 0.0205. The zero-order chi connectivity index (χ0) is 62.1. The number of ether oxygens (including phenoxy) is 7. The molecule has 0 heterocycles. The zero-order valence-electron chi connectivity index (χ0n) is 51.8. The average Bonchev–Trinajstić information content (AvgIpc) is 3.59. The third-order valence-corrected chi connectivity index (χ3v) is 13.7. The Morgan fingerprint density at radius 1 is 0.459 bits per heavy atom. The van der Waals surface area contributed by atoms with Crippen molar-refractivity contribution in [2.24, 2.45) is 0 Å². The van der Waals surface area contributed by atoms with Crippen molar-refractivity contribution in [2.75, 3.05) is 79.1 Å². The van der Waals surface area contributed by atoms with Crippen LogP contribution in [-0.4, -0.2) is 155 Å². The predicted octanol–water partition coefficient (Wildman–Crippen LogP) is 8.75. The number of carboxylic acid groups (broad SMARTS) is 1. The molecule has 2 unspecified atom stereocenters. The first-order valence-electron chi connectivity index (χ1n) is 30.9. The maximum atomic E-state index is 13.0. The molecule has 1 aliphatic carbocycles. The summed E-state index contributed by atoms with van der Waals surface area (Å²) in [7, 11) is 0. The molecule has 21 nitrogen and oxygen atoms in total. The van der Waals surface area contributed by atoms with Crippen LogP contribution in [0.2, 0.25) is 0 Å². The second kappa shape index (κ2) is 42.6. The van der Waals surface area contributed by atoms with E-state index < -0.39 is 41.3 Å². The van der Waals surface area contributed by atoms with Crippen molar-refractivity contribution in [3.05, 3.63) is 59.7 Å². The Hall–Kier alpha value is -6.16. The van der Waals surface area contributed by atoms with E-state index >= 15 is 0 Å². The van der Waals surface area contributed by atoms with Crippen molar-refractivity contribution in [3.8, 4) is 11.1 Å². The van der Waals surface area contributed by atoms with Crippen molar-refractivity contribution < 1.29 is 76.6 Å². The van der Waals surface area contributed by atoms with E-state index in [1.807, 2.05) is 69.3 Å². The smallest absolute Gasteiger partial charge is 0.407 e. The van der Waals surface area contributed by atoms with Gasteiger partial charge in [0.15, 0.2) is 0 Å². The Morgan fingerprint density at radius 3 is 1.42 bits per heavy atom. The lowest BCUT2D eigenvalue weighted by atomic mass is 9.98. The van der Waals surface area contributed by atoms with Gasteiger partial charge in [0.05, 0.1) is 39.6 Å². The van der Waals surface area contributed by atoms with Crippen molar-refractivity contribution in [1.82, 2.24) is 26.6 Å². The number of rotatable bonds is 47. The van der Waals surface area contributed by atoms with Crippen molar-refractivity contribution in [2.45, 2.75) is 206 Å². The maximum absolute atomic E-state index is 13.0. The number of hydrogen-bond acceptors (Lipinski definition) is 15. The molecule has 478 valence electrons.